The van der Waals surface area contributed by atoms with Crippen LogP contribution in [0.4, 0.5) is 5.69 Å². The molecule has 0 aromatic heterocycles. The molecule has 5 heteroatoms. The quantitative estimate of drug-likeness (QED) is 0.802. The van der Waals surface area contributed by atoms with Crippen LogP contribution in [-0.4, -0.2) is 30.9 Å². The first kappa shape index (κ1) is 13.6. The molecule has 106 valence electrons. The average Bonchev–Trinajstić information content (AvgIpc) is 3.02. The first-order valence-corrected chi connectivity index (χ1v) is 7.32. The second-order valence-electron chi connectivity index (χ2n) is 5.20. The summed E-state index contributed by atoms with van der Waals surface area (Å²) in [5.41, 5.74) is 0.983. The number of anilines is 1. The monoisotopic (exact) mass is 293 g/mol. The van der Waals surface area contributed by atoms with Crippen molar-refractivity contribution in [3.63, 3.8) is 0 Å². The summed E-state index contributed by atoms with van der Waals surface area (Å²) in [6.07, 6.45) is 4.27. The first-order chi connectivity index (χ1) is 9.68. The van der Waals surface area contributed by atoms with Crippen molar-refractivity contribution in [3.05, 3.63) is 28.8 Å². The summed E-state index contributed by atoms with van der Waals surface area (Å²) in [4.78, 5) is 25.5. The third kappa shape index (κ3) is 2.34. The number of fused-ring (bicyclic) bond motifs is 1. The Kier molecular flexibility index (Phi) is 3.76. The number of ketones is 1. The highest BCUT2D eigenvalue weighted by Crippen LogP contribution is 2.34. The summed E-state index contributed by atoms with van der Waals surface area (Å²) in [6, 6.07) is 5.18. The zero-order valence-corrected chi connectivity index (χ0v) is 11.9. The molecule has 0 aliphatic carbocycles. The Labute approximate surface area is 122 Å². The van der Waals surface area contributed by atoms with Crippen LogP contribution in [0.1, 0.15) is 36.0 Å². The molecule has 2 aliphatic heterocycles. The molecule has 0 bridgehead atoms. The first-order valence-electron chi connectivity index (χ1n) is 6.95. The summed E-state index contributed by atoms with van der Waals surface area (Å²) in [6.45, 7) is 1.38. The molecule has 3 rings (SSSR count). The van der Waals surface area contributed by atoms with Gasteiger partial charge in [0.1, 0.15) is 0 Å². The van der Waals surface area contributed by atoms with Gasteiger partial charge >= 0.3 is 0 Å². The van der Waals surface area contributed by atoms with Crippen molar-refractivity contribution in [2.45, 2.75) is 31.8 Å². The lowest BCUT2D eigenvalue weighted by atomic mass is 10.1. The molecule has 1 aromatic rings. The number of amides is 1. The fraction of sp³-hybridized carbons (Fsp3) is 0.467. The van der Waals surface area contributed by atoms with Crippen LogP contribution in [0.5, 0.6) is 0 Å². The number of Topliss-reactive ketones (excluding diaryl/α,β-unsaturated/α-hetero) is 1. The van der Waals surface area contributed by atoms with Gasteiger partial charge in [0.2, 0.25) is 0 Å². The minimum absolute atomic E-state index is 0.308. The van der Waals surface area contributed by atoms with Crippen molar-refractivity contribution in [1.29, 1.82) is 0 Å². The van der Waals surface area contributed by atoms with Gasteiger partial charge in [-0.25, -0.2) is 0 Å². The van der Waals surface area contributed by atoms with E-state index in [0.29, 0.717) is 28.9 Å². The van der Waals surface area contributed by atoms with Gasteiger partial charge in [0, 0.05) is 13.2 Å². The number of hydrogen-bond donors (Lipinski definition) is 0. The lowest BCUT2D eigenvalue weighted by molar-refractivity contribution is -0.114. The molecule has 0 saturated carbocycles. The van der Waals surface area contributed by atoms with Crippen molar-refractivity contribution in [3.8, 4) is 0 Å². The van der Waals surface area contributed by atoms with Gasteiger partial charge < -0.3 is 9.64 Å². The Morgan fingerprint density at radius 1 is 1.35 bits per heavy atom. The molecular weight excluding hydrogens is 278 g/mol. The van der Waals surface area contributed by atoms with Crippen LogP contribution >= 0.6 is 11.6 Å². The highest BCUT2D eigenvalue weighted by molar-refractivity contribution is 6.55. The number of carbonyl (C=O) groups is 2. The van der Waals surface area contributed by atoms with E-state index >= 15 is 0 Å². The molecule has 2 aliphatic rings. The number of benzene rings is 1. The van der Waals surface area contributed by atoms with Crippen molar-refractivity contribution in [2.24, 2.45) is 0 Å². The molecule has 4 nitrogen and oxygen atoms in total. The lowest BCUT2D eigenvalue weighted by Gasteiger charge is -2.17. The number of ether oxygens (including phenoxy) is 1. The van der Waals surface area contributed by atoms with E-state index in [1.807, 2.05) is 0 Å². The minimum atomic E-state index is -0.497. The third-order valence-corrected chi connectivity index (χ3v) is 4.20. The maximum Gasteiger partial charge on any atom is 0.299 e. The van der Waals surface area contributed by atoms with E-state index < -0.39 is 11.7 Å². The number of halogens is 1. The van der Waals surface area contributed by atoms with Crippen LogP contribution < -0.4 is 4.90 Å². The van der Waals surface area contributed by atoms with Gasteiger partial charge in [0.25, 0.3) is 11.7 Å². The predicted molar refractivity (Wildman–Crippen MR) is 76.3 cm³/mol. The summed E-state index contributed by atoms with van der Waals surface area (Å²) in [7, 11) is 0. The van der Waals surface area contributed by atoms with Gasteiger partial charge in [-0.1, -0.05) is 17.7 Å². The van der Waals surface area contributed by atoms with Crippen molar-refractivity contribution in [2.75, 3.05) is 18.1 Å². The molecule has 1 amide bonds. The normalized spacial score (nSPS) is 21.6. The molecule has 1 unspecified atom stereocenters. The van der Waals surface area contributed by atoms with Gasteiger partial charge in [-0.15, -0.1) is 0 Å². The topological polar surface area (TPSA) is 46.6 Å². The molecule has 1 atom stereocenters. The maximum atomic E-state index is 12.0. The standard InChI is InChI=1S/C15H16ClNO3/c16-11-6-1-7-12-13(11)14(18)15(19)17(12)8-2-4-10-5-3-9-20-10/h1,6-7,10H,2-5,8-9H2. The molecule has 0 radical (unpaired) electrons. The lowest BCUT2D eigenvalue weighted by Crippen LogP contribution is -2.31. The van der Waals surface area contributed by atoms with E-state index in [0.717, 1.165) is 32.3 Å². The van der Waals surface area contributed by atoms with Crippen LogP contribution in [0.3, 0.4) is 0 Å². The van der Waals surface area contributed by atoms with Crippen molar-refractivity contribution < 1.29 is 14.3 Å². The number of hydrogen-bond acceptors (Lipinski definition) is 3. The SMILES string of the molecule is O=C1C(=O)N(CCCC2CCCO2)c2cccc(Cl)c21. The van der Waals surface area contributed by atoms with Crippen molar-refractivity contribution >= 4 is 29.0 Å². The van der Waals surface area contributed by atoms with E-state index in [1.54, 1.807) is 23.1 Å². The molecule has 1 aromatic carbocycles. The Morgan fingerprint density at radius 2 is 2.20 bits per heavy atom. The molecule has 0 spiro atoms. The fourth-order valence-electron chi connectivity index (χ4n) is 2.87. The van der Waals surface area contributed by atoms with Gasteiger partial charge in [-0.05, 0) is 37.8 Å². The van der Waals surface area contributed by atoms with E-state index in [4.69, 9.17) is 16.3 Å². The third-order valence-electron chi connectivity index (χ3n) is 3.88. The molecule has 2 heterocycles. The average molecular weight is 294 g/mol. The van der Waals surface area contributed by atoms with Crippen LogP contribution in [0.25, 0.3) is 0 Å². The number of carbonyl (C=O) groups excluding carboxylic acids is 2. The zero-order chi connectivity index (χ0) is 14.1. The van der Waals surface area contributed by atoms with Crippen LogP contribution in [-0.2, 0) is 9.53 Å². The fourth-order valence-corrected chi connectivity index (χ4v) is 3.13. The van der Waals surface area contributed by atoms with Crippen LogP contribution in [0.2, 0.25) is 5.02 Å². The highest BCUT2D eigenvalue weighted by Gasteiger charge is 2.37. The maximum absolute atomic E-state index is 12.0. The number of nitrogens with zero attached hydrogens (tertiary/aromatic N) is 1. The Morgan fingerprint density at radius 3 is 2.95 bits per heavy atom. The molecule has 1 saturated heterocycles. The Balaban J connectivity index is 1.69. The van der Waals surface area contributed by atoms with E-state index in [1.165, 1.54) is 0 Å². The van der Waals surface area contributed by atoms with Gasteiger partial charge in [0.15, 0.2) is 0 Å². The van der Waals surface area contributed by atoms with Crippen LogP contribution in [0, 0.1) is 0 Å². The van der Waals surface area contributed by atoms with E-state index in [-0.39, 0.29) is 0 Å². The van der Waals surface area contributed by atoms with E-state index in [9.17, 15) is 9.59 Å². The minimum Gasteiger partial charge on any atom is -0.378 e. The number of rotatable bonds is 4. The predicted octanol–water partition coefficient (Wildman–Crippen LogP) is 2.83. The summed E-state index contributed by atoms with van der Waals surface area (Å²) >= 11 is 6.01. The summed E-state index contributed by atoms with van der Waals surface area (Å²) in [5.74, 6) is -0.969. The Bertz CT molecular complexity index is 552. The molecule has 0 N–H and O–H groups in total. The largest absolute Gasteiger partial charge is 0.378 e. The Hall–Kier alpha value is -1.39. The zero-order valence-electron chi connectivity index (χ0n) is 11.1. The van der Waals surface area contributed by atoms with Crippen molar-refractivity contribution in [1.82, 2.24) is 0 Å². The molecule has 1 fully saturated rings. The summed E-state index contributed by atoms with van der Waals surface area (Å²) in [5, 5.41) is 0.350. The molecule has 20 heavy (non-hydrogen) atoms. The van der Waals surface area contributed by atoms with Gasteiger partial charge in [0.05, 0.1) is 22.4 Å². The van der Waals surface area contributed by atoms with Gasteiger partial charge in [-0.2, -0.15) is 0 Å². The van der Waals surface area contributed by atoms with Gasteiger partial charge in [-0.3, -0.25) is 9.59 Å². The second-order valence-corrected chi connectivity index (χ2v) is 5.60. The second kappa shape index (κ2) is 5.54. The van der Waals surface area contributed by atoms with Crippen LogP contribution in [0.15, 0.2) is 18.2 Å². The smallest absolute Gasteiger partial charge is 0.299 e. The molecular formula is C15H16ClNO3. The highest BCUT2D eigenvalue weighted by atomic mass is 35.5. The van der Waals surface area contributed by atoms with E-state index in [2.05, 4.69) is 0 Å². The summed E-state index contributed by atoms with van der Waals surface area (Å²) < 4.78 is 5.56.